The molecule has 6 heteroatoms. The zero-order valence-electron chi connectivity index (χ0n) is 10.1. The number of carbonyl (C=O) groups is 3. The Kier molecular flexibility index (Phi) is 3.96. The maximum absolute atomic E-state index is 12.3. The summed E-state index contributed by atoms with van der Waals surface area (Å²) in [6, 6.07) is -0.985. The second-order valence-corrected chi connectivity index (χ2v) is 4.77. The van der Waals surface area contributed by atoms with Gasteiger partial charge in [0.1, 0.15) is 11.8 Å². The van der Waals surface area contributed by atoms with Crippen molar-refractivity contribution in [2.45, 2.75) is 31.7 Å². The summed E-state index contributed by atoms with van der Waals surface area (Å²) in [7, 11) is 0. The number of piperidine rings is 1. The summed E-state index contributed by atoms with van der Waals surface area (Å²) in [6.07, 6.45) is 1.47. The maximum atomic E-state index is 12.3. The molecule has 2 rings (SSSR count). The van der Waals surface area contributed by atoms with E-state index in [1.54, 1.807) is 0 Å². The summed E-state index contributed by atoms with van der Waals surface area (Å²) in [5, 5.41) is 9.10. The van der Waals surface area contributed by atoms with Gasteiger partial charge >= 0.3 is 5.97 Å². The van der Waals surface area contributed by atoms with E-state index in [-0.39, 0.29) is 37.0 Å². The number of carboxylic acid groups (broad SMARTS) is 1. The van der Waals surface area contributed by atoms with Crippen molar-refractivity contribution >= 4 is 17.7 Å². The first-order valence-corrected chi connectivity index (χ1v) is 6.22. The van der Waals surface area contributed by atoms with Gasteiger partial charge in [-0.2, -0.15) is 0 Å². The van der Waals surface area contributed by atoms with Crippen LogP contribution in [0.3, 0.4) is 0 Å². The first-order valence-electron chi connectivity index (χ1n) is 6.22. The minimum atomic E-state index is -1.09. The van der Waals surface area contributed by atoms with Crippen molar-refractivity contribution in [3.05, 3.63) is 0 Å². The molecule has 0 bridgehead atoms. The van der Waals surface area contributed by atoms with Gasteiger partial charge in [0.15, 0.2) is 0 Å². The van der Waals surface area contributed by atoms with E-state index in [1.165, 1.54) is 4.90 Å². The lowest BCUT2D eigenvalue weighted by atomic mass is 9.94. The lowest BCUT2D eigenvalue weighted by Gasteiger charge is -2.35. The SMILES string of the molecule is O=C1CCN(C(=O)C2CCOCC2)C(C(=O)O)C1. The fraction of sp³-hybridized carbons (Fsp3) is 0.750. The number of carboxylic acids is 1. The van der Waals surface area contributed by atoms with Crippen LogP contribution in [-0.4, -0.2) is 53.5 Å². The highest BCUT2D eigenvalue weighted by atomic mass is 16.5. The van der Waals surface area contributed by atoms with Gasteiger partial charge in [0.25, 0.3) is 0 Å². The zero-order valence-corrected chi connectivity index (χ0v) is 10.1. The number of hydrogen-bond acceptors (Lipinski definition) is 4. The van der Waals surface area contributed by atoms with E-state index in [2.05, 4.69) is 0 Å². The minimum absolute atomic E-state index is 0.0652. The molecule has 0 aliphatic carbocycles. The molecule has 6 nitrogen and oxygen atoms in total. The number of aliphatic carboxylic acids is 1. The molecule has 2 aliphatic rings. The molecule has 1 unspecified atom stereocenters. The second-order valence-electron chi connectivity index (χ2n) is 4.77. The summed E-state index contributed by atoms with van der Waals surface area (Å²) in [4.78, 5) is 36.1. The predicted octanol–water partition coefficient (Wildman–Crippen LogP) is 0.0577. The number of carbonyl (C=O) groups excluding carboxylic acids is 2. The predicted molar refractivity (Wildman–Crippen MR) is 60.9 cm³/mol. The van der Waals surface area contributed by atoms with E-state index in [0.29, 0.717) is 26.1 Å². The molecule has 1 atom stereocenters. The van der Waals surface area contributed by atoms with Crippen molar-refractivity contribution in [1.29, 1.82) is 0 Å². The van der Waals surface area contributed by atoms with Crippen molar-refractivity contribution in [3.8, 4) is 0 Å². The van der Waals surface area contributed by atoms with Crippen LogP contribution in [0.4, 0.5) is 0 Å². The highest BCUT2D eigenvalue weighted by Gasteiger charge is 2.38. The third kappa shape index (κ3) is 2.69. The van der Waals surface area contributed by atoms with Crippen LogP contribution in [-0.2, 0) is 19.1 Å². The number of amides is 1. The number of Topliss-reactive ketones (excluding diaryl/α,β-unsaturated/α-hetero) is 1. The summed E-state index contributed by atoms with van der Waals surface area (Å²) < 4.78 is 5.19. The Bertz CT molecular complexity index is 361. The topological polar surface area (TPSA) is 83.9 Å². The van der Waals surface area contributed by atoms with E-state index in [1.807, 2.05) is 0 Å². The highest BCUT2D eigenvalue weighted by Crippen LogP contribution is 2.23. The van der Waals surface area contributed by atoms with Gasteiger partial charge in [-0.25, -0.2) is 4.79 Å². The molecule has 0 radical (unpaired) electrons. The molecule has 0 aromatic heterocycles. The van der Waals surface area contributed by atoms with Crippen LogP contribution in [0.5, 0.6) is 0 Å². The molecular weight excluding hydrogens is 238 g/mol. The first kappa shape index (κ1) is 13.0. The number of ether oxygens (including phenoxy) is 1. The highest BCUT2D eigenvalue weighted by molar-refractivity contribution is 5.92. The largest absolute Gasteiger partial charge is 0.480 e. The van der Waals surface area contributed by atoms with Gasteiger partial charge in [0.05, 0.1) is 0 Å². The van der Waals surface area contributed by atoms with Crippen LogP contribution >= 0.6 is 0 Å². The number of rotatable bonds is 2. The Hall–Kier alpha value is -1.43. The van der Waals surface area contributed by atoms with Crippen LogP contribution in [0.25, 0.3) is 0 Å². The molecule has 2 saturated heterocycles. The van der Waals surface area contributed by atoms with Gasteiger partial charge < -0.3 is 14.7 Å². The van der Waals surface area contributed by atoms with Crippen LogP contribution in [0.2, 0.25) is 0 Å². The normalized spacial score (nSPS) is 26.1. The van der Waals surface area contributed by atoms with Crippen molar-refractivity contribution in [1.82, 2.24) is 4.90 Å². The summed E-state index contributed by atoms with van der Waals surface area (Å²) in [5.74, 6) is -1.48. The van der Waals surface area contributed by atoms with Crippen molar-refractivity contribution in [2.75, 3.05) is 19.8 Å². The van der Waals surface area contributed by atoms with Crippen LogP contribution in [0, 0.1) is 5.92 Å². The van der Waals surface area contributed by atoms with Gasteiger partial charge in [-0.1, -0.05) is 0 Å². The van der Waals surface area contributed by atoms with E-state index < -0.39 is 12.0 Å². The molecule has 18 heavy (non-hydrogen) atoms. The summed E-state index contributed by atoms with van der Waals surface area (Å²) >= 11 is 0. The van der Waals surface area contributed by atoms with Crippen LogP contribution in [0.1, 0.15) is 25.7 Å². The van der Waals surface area contributed by atoms with Crippen molar-refractivity contribution < 1.29 is 24.2 Å². The van der Waals surface area contributed by atoms with Gasteiger partial charge in [0, 0.05) is 38.5 Å². The molecule has 2 fully saturated rings. The molecule has 0 saturated carbocycles. The smallest absolute Gasteiger partial charge is 0.326 e. The quantitative estimate of drug-likeness (QED) is 0.754. The molecule has 1 N–H and O–H groups in total. The minimum Gasteiger partial charge on any atom is -0.480 e. The Morgan fingerprint density at radius 2 is 1.94 bits per heavy atom. The molecule has 0 spiro atoms. The molecule has 2 heterocycles. The fourth-order valence-corrected chi connectivity index (χ4v) is 2.49. The average molecular weight is 255 g/mol. The maximum Gasteiger partial charge on any atom is 0.326 e. The Labute approximate surface area is 105 Å². The van der Waals surface area contributed by atoms with Crippen molar-refractivity contribution in [3.63, 3.8) is 0 Å². The monoisotopic (exact) mass is 255 g/mol. The Balaban J connectivity index is 2.06. The lowest BCUT2D eigenvalue weighted by molar-refractivity contribution is -0.157. The van der Waals surface area contributed by atoms with Gasteiger partial charge in [-0.3, -0.25) is 9.59 Å². The third-order valence-electron chi connectivity index (χ3n) is 3.57. The number of ketones is 1. The van der Waals surface area contributed by atoms with E-state index in [4.69, 9.17) is 9.84 Å². The molecule has 2 aliphatic heterocycles. The fourth-order valence-electron chi connectivity index (χ4n) is 2.49. The molecule has 1 amide bonds. The summed E-state index contributed by atoms with van der Waals surface area (Å²) in [5.41, 5.74) is 0. The lowest BCUT2D eigenvalue weighted by Crippen LogP contribution is -2.52. The molecule has 0 aromatic carbocycles. The first-order chi connectivity index (χ1) is 8.59. The molecular formula is C12H17NO5. The molecule has 100 valence electrons. The number of likely N-dealkylation sites (tertiary alicyclic amines) is 1. The van der Waals surface area contributed by atoms with Gasteiger partial charge in [0.2, 0.25) is 5.91 Å². The van der Waals surface area contributed by atoms with Gasteiger partial charge in [-0.15, -0.1) is 0 Å². The average Bonchev–Trinajstić information content (AvgIpc) is 2.39. The Morgan fingerprint density at radius 3 is 2.56 bits per heavy atom. The van der Waals surface area contributed by atoms with Crippen LogP contribution < -0.4 is 0 Å². The van der Waals surface area contributed by atoms with Crippen molar-refractivity contribution in [2.24, 2.45) is 5.92 Å². The van der Waals surface area contributed by atoms with Crippen LogP contribution in [0.15, 0.2) is 0 Å². The zero-order chi connectivity index (χ0) is 13.1. The molecule has 0 aromatic rings. The van der Waals surface area contributed by atoms with E-state index >= 15 is 0 Å². The number of nitrogens with zero attached hydrogens (tertiary/aromatic N) is 1. The number of hydrogen-bond donors (Lipinski definition) is 1. The van der Waals surface area contributed by atoms with Gasteiger partial charge in [-0.05, 0) is 12.8 Å². The second kappa shape index (κ2) is 5.48. The standard InChI is InChI=1S/C12H17NO5/c14-9-1-4-13(10(7-9)12(16)17)11(15)8-2-5-18-6-3-8/h8,10H,1-7H2,(H,16,17). The summed E-state index contributed by atoms with van der Waals surface area (Å²) in [6.45, 7) is 1.31. The Morgan fingerprint density at radius 1 is 1.28 bits per heavy atom. The van der Waals surface area contributed by atoms with E-state index in [0.717, 1.165) is 0 Å². The van der Waals surface area contributed by atoms with E-state index in [9.17, 15) is 14.4 Å². The third-order valence-corrected chi connectivity index (χ3v) is 3.57.